The van der Waals surface area contributed by atoms with Gasteiger partial charge in [-0.3, -0.25) is 4.98 Å². The molecular formula is C19H15Br2ClFN3O2. The van der Waals surface area contributed by atoms with Crippen molar-refractivity contribution in [2.24, 2.45) is 4.99 Å². The zero-order valence-corrected chi connectivity index (χ0v) is 18.6. The SMILES string of the molecule is CCN1C(c2ncccc2Cl)=NC(CBr)=C(C(=O)O)C1c1ccc(F)cc1Br. The molecule has 5 nitrogen and oxygen atoms in total. The highest BCUT2D eigenvalue weighted by atomic mass is 79.9. The molecule has 0 spiro atoms. The van der Waals surface area contributed by atoms with Gasteiger partial charge in [0, 0.05) is 22.5 Å². The summed E-state index contributed by atoms with van der Waals surface area (Å²) < 4.78 is 14.1. The number of hydrogen-bond donors (Lipinski definition) is 1. The number of pyridine rings is 1. The topological polar surface area (TPSA) is 65.8 Å². The minimum Gasteiger partial charge on any atom is -0.478 e. The predicted molar refractivity (Wildman–Crippen MR) is 113 cm³/mol. The van der Waals surface area contributed by atoms with Crippen LogP contribution in [0.1, 0.15) is 24.2 Å². The van der Waals surface area contributed by atoms with Crippen molar-refractivity contribution in [1.29, 1.82) is 0 Å². The molecule has 0 bridgehead atoms. The lowest BCUT2D eigenvalue weighted by molar-refractivity contribution is -0.133. The molecule has 3 rings (SSSR count). The van der Waals surface area contributed by atoms with Gasteiger partial charge in [-0.15, -0.1) is 0 Å². The number of halogens is 4. The number of benzene rings is 1. The van der Waals surface area contributed by atoms with E-state index in [2.05, 4.69) is 41.8 Å². The minimum absolute atomic E-state index is 0.113. The van der Waals surface area contributed by atoms with Gasteiger partial charge in [0.1, 0.15) is 11.5 Å². The Morgan fingerprint density at radius 2 is 2.14 bits per heavy atom. The smallest absolute Gasteiger partial charge is 0.335 e. The van der Waals surface area contributed by atoms with Gasteiger partial charge < -0.3 is 10.0 Å². The van der Waals surface area contributed by atoms with Crippen LogP contribution in [0.15, 0.2) is 57.3 Å². The fourth-order valence-corrected chi connectivity index (χ4v) is 4.35. The molecule has 146 valence electrons. The van der Waals surface area contributed by atoms with Crippen LogP contribution < -0.4 is 0 Å². The molecule has 1 aliphatic rings. The summed E-state index contributed by atoms with van der Waals surface area (Å²) in [4.78, 5) is 22.9. The first-order valence-corrected chi connectivity index (χ1v) is 10.6. The third kappa shape index (κ3) is 3.86. The van der Waals surface area contributed by atoms with E-state index < -0.39 is 17.8 Å². The van der Waals surface area contributed by atoms with Crippen LogP contribution in [-0.2, 0) is 4.79 Å². The third-order valence-corrected chi connectivity index (χ3v) is 5.86. The van der Waals surface area contributed by atoms with Crippen molar-refractivity contribution < 1.29 is 14.3 Å². The number of amidine groups is 1. The summed E-state index contributed by atoms with van der Waals surface area (Å²) in [6, 6.07) is 6.91. The summed E-state index contributed by atoms with van der Waals surface area (Å²) in [5.74, 6) is -1.05. The first-order valence-electron chi connectivity index (χ1n) is 8.32. The fourth-order valence-electron chi connectivity index (χ4n) is 3.15. The number of hydrogen-bond acceptors (Lipinski definition) is 4. The molecule has 0 radical (unpaired) electrons. The van der Waals surface area contributed by atoms with Crippen LogP contribution in [0.2, 0.25) is 5.02 Å². The van der Waals surface area contributed by atoms with E-state index in [9.17, 15) is 14.3 Å². The molecule has 28 heavy (non-hydrogen) atoms. The molecule has 1 aromatic carbocycles. The van der Waals surface area contributed by atoms with Crippen molar-refractivity contribution in [2.45, 2.75) is 13.0 Å². The number of nitrogens with zero attached hydrogens (tertiary/aromatic N) is 3. The maximum Gasteiger partial charge on any atom is 0.335 e. The first kappa shape index (κ1) is 21.0. The van der Waals surface area contributed by atoms with Crippen LogP contribution in [0.5, 0.6) is 0 Å². The Morgan fingerprint density at radius 3 is 2.71 bits per heavy atom. The van der Waals surface area contributed by atoms with Crippen LogP contribution in [0, 0.1) is 5.82 Å². The van der Waals surface area contributed by atoms with E-state index in [0.29, 0.717) is 38.8 Å². The lowest BCUT2D eigenvalue weighted by atomic mass is 9.93. The molecule has 0 aliphatic carbocycles. The van der Waals surface area contributed by atoms with E-state index in [-0.39, 0.29) is 10.9 Å². The van der Waals surface area contributed by atoms with E-state index >= 15 is 0 Å². The molecule has 2 heterocycles. The predicted octanol–water partition coefficient (Wildman–Crippen LogP) is 5.19. The molecule has 0 fully saturated rings. The quantitative estimate of drug-likeness (QED) is 0.539. The molecule has 0 amide bonds. The maximum absolute atomic E-state index is 13.7. The minimum atomic E-state index is -1.09. The van der Waals surface area contributed by atoms with Crippen LogP contribution in [0.4, 0.5) is 4.39 Å². The second kappa shape index (κ2) is 8.71. The van der Waals surface area contributed by atoms with Gasteiger partial charge in [0.25, 0.3) is 0 Å². The first-order chi connectivity index (χ1) is 13.4. The Morgan fingerprint density at radius 1 is 1.39 bits per heavy atom. The molecule has 1 aromatic heterocycles. The van der Waals surface area contributed by atoms with Crippen molar-refractivity contribution in [1.82, 2.24) is 9.88 Å². The molecule has 1 unspecified atom stereocenters. The molecule has 9 heteroatoms. The van der Waals surface area contributed by atoms with Gasteiger partial charge in [-0.1, -0.05) is 49.5 Å². The summed E-state index contributed by atoms with van der Waals surface area (Å²) in [7, 11) is 0. The van der Waals surface area contributed by atoms with Crippen LogP contribution in [-0.4, -0.2) is 38.7 Å². The van der Waals surface area contributed by atoms with Gasteiger partial charge >= 0.3 is 5.97 Å². The number of rotatable bonds is 5. The molecule has 1 N–H and O–H groups in total. The highest BCUT2D eigenvalue weighted by Crippen LogP contribution is 2.40. The second-order valence-electron chi connectivity index (χ2n) is 5.92. The van der Waals surface area contributed by atoms with E-state index in [1.165, 1.54) is 12.1 Å². The molecule has 1 aliphatic heterocycles. The highest BCUT2D eigenvalue weighted by Gasteiger charge is 2.38. The molecular weight excluding hydrogens is 516 g/mol. The number of aliphatic imine (C=N–C) groups is 1. The van der Waals surface area contributed by atoms with Crippen LogP contribution >= 0.6 is 43.5 Å². The van der Waals surface area contributed by atoms with Gasteiger partial charge in [0.15, 0.2) is 5.84 Å². The normalized spacial score (nSPS) is 17.0. The maximum atomic E-state index is 13.7. The van der Waals surface area contributed by atoms with Crippen molar-refractivity contribution in [3.05, 3.63) is 74.4 Å². The number of aromatic nitrogens is 1. The number of allylic oxidation sites excluding steroid dienone is 1. The van der Waals surface area contributed by atoms with Gasteiger partial charge in [-0.25, -0.2) is 14.2 Å². The van der Waals surface area contributed by atoms with Crippen molar-refractivity contribution in [3.63, 3.8) is 0 Å². The second-order valence-corrected chi connectivity index (χ2v) is 7.75. The van der Waals surface area contributed by atoms with E-state index in [1.807, 2.05) is 11.8 Å². The Hall–Kier alpha value is -1.77. The van der Waals surface area contributed by atoms with Crippen molar-refractivity contribution in [3.8, 4) is 0 Å². The number of alkyl halides is 1. The Labute approximate surface area is 183 Å². The van der Waals surface area contributed by atoms with Crippen LogP contribution in [0.25, 0.3) is 0 Å². The summed E-state index contributed by atoms with van der Waals surface area (Å²) >= 11 is 13.1. The molecule has 2 aromatic rings. The lowest BCUT2D eigenvalue weighted by Crippen LogP contribution is -2.41. The molecule has 1 atom stereocenters. The van der Waals surface area contributed by atoms with Gasteiger partial charge in [-0.2, -0.15) is 0 Å². The summed E-state index contributed by atoms with van der Waals surface area (Å²) in [6.45, 7) is 2.32. The molecule has 0 saturated carbocycles. The number of likely N-dealkylation sites (N-methyl/N-ethyl adjacent to an activating group) is 1. The van der Waals surface area contributed by atoms with Gasteiger partial charge in [0.05, 0.1) is 22.3 Å². The Bertz CT molecular complexity index is 997. The number of carboxylic acids is 1. The standard InChI is InChI=1S/C19H15Br2ClFN3O2/c1-2-26-17(11-6-5-10(23)8-12(11)21)15(19(27)28)14(9-20)25-18(26)16-13(22)4-3-7-24-16/h3-8,17H,2,9H2,1H3,(H,27,28). The van der Waals surface area contributed by atoms with E-state index in [4.69, 9.17) is 11.6 Å². The van der Waals surface area contributed by atoms with Crippen LogP contribution in [0.3, 0.4) is 0 Å². The Kier molecular flexibility index (Phi) is 6.52. The fraction of sp³-hybridized carbons (Fsp3) is 0.211. The zero-order chi connectivity index (χ0) is 20.4. The monoisotopic (exact) mass is 529 g/mol. The number of aliphatic carboxylic acids is 1. The average Bonchev–Trinajstić information content (AvgIpc) is 2.66. The summed E-state index contributed by atoms with van der Waals surface area (Å²) in [6.07, 6.45) is 1.60. The number of carbonyl (C=O) groups is 1. The average molecular weight is 532 g/mol. The lowest BCUT2D eigenvalue weighted by Gasteiger charge is -2.38. The van der Waals surface area contributed by atoms with Gasteiger partial charge in [-0.05, 0) is 36.8 Å². The highest BCUT2D eigenvalue weighted by molar-refractivity contribution is 9.10. The molecule has 0 saturated heterocycles. The largest absolute Gasteiger partial charge is 0.478 e. The van der Waals surface area contributed by atoms with Crippen molar-refractivity contribution in [2.75, 3.05) is 11.9 Å². The van der Waals surface area contributed by atoms with Gasteiger partial charge in [0.2, 0.25) is 0 Å². The number of carboxylic acid groups (broad SMARTS) is 1. The summed E-state index contributed by atoms with van der Waals surface area (Å²) in [5.41, 5.74) is 1.53. The third-order valence-electron chi connectivity index (χ3n) is 4.33. The summed E-state index contributed by atoms with van der Waals surface area (Å²) in [5, 5.41) is 10.6. The van der Waals surface area contributed by atoms with E-state index in [1.54, 1.807) is 24.4 Å². The Balaban J connectivity index is 2.30. The zero-order valence-electron chi connectivity index (χ0n) is 14.7. The van der Waals surface area contributed by atoms with Crippen molar-refractivity contribution >= 4 is 55.3 Å². The van der Waals surface area contributed by atoms with E-state index in [0.717, 1.165) is 0 Å².